The molecule has 1 rings (SSSR count). The summed E-state index contributed by atoms with van der Waals surface area (Å²) in [6, 6.07) is 0. The smallest absolute Gasteiger partial charge is 0.0134 e. The highest BCUT2D eigenvalue weighted by Gasteiger charge is 2.14. The van der Waals surface area contributed by atoms with E-state index in [1.54, 1.807) is 0 Å². The van der Waals surface area contributed by atoms with Crippen LogP contribution in [-0.4, -0.2) is 6.54 Å². The third-order valence-corrected chi connectivity index (χ3v) is 2.67. The molecule has 0 bridgehead atoms. The van der Waals surface area contributed by atoms with Crippen LogP contribution in [0.3, 0.4) is 0 Å². The zero-order chi connectivity index (χ0) is 8.10. The van der Waals surface area contributed by atoms with Crippen LogP contribution in [0.25, 0.3) is 0 Å². The lowest BCUT2D eigenvalue weighted by Crippen LogP contribution is -2.03. The Hall–Kier alpha value is -0.300. The van der Waals surface area contributed by atoms with Crippen LogP contribution in [0.4, 0.5) is 0 Å². The van der Waals surface area contributed by atoms with Crippen LogP contribution in [0.15, 0.2) is 12.2 Å². The molecule has 0 aromatic rings. The van der Waals surface area contributed by atoms with Crippen LogP contribution in [0, 0.1) is 5.92 Å². The van der Waals surface area contributed by atoms with Crippen molar-refractivity contribution < 1.29 is 0 Å². The third-order valence-electron chi connectivity index (χ3n) is 2.67. The van der Waals surface area contributed by atoms with Gasteiger partial charge in [-0.1, -0.05) is 37.8 Å². The average molecular weight is 153 g/mol. The van der Waals surface area contributed by atoms with E-state index < -0.39 is 0 Å². The van der Waals surface area contributed by atoms with Crippen molar-refractivity contribution in [2.75, 3.05) is 6.54 Å². The van der Waals surface area contributed by atoms with E-state index in [-0.39, 0.29) is 0 Å². The summed E-state index contributed by atoms with van der Waals surface area (Å²) in [4.78, 5) is 0. The van der Waals surface area contributed by atoms with Crippen molar-refractivity contribution >= 4 is 0 Å². The van der Waals surface area contributed by atoms with E-state index in [4.69, 9.17) is 5.73 Å². The van der Waals surface area contributed by atoms with E-state index in [2.05, 4.69) is 6.58 Å². The maximum atomic E-state index is 5.46. The van der Waals surface area contributed by atoms with Crippen molar-refractivity contribution in [1.82, 2.24) is 0 Å². The highest BCUT2D eigenvalue weighted by atomic mass is 14.5. The first-order valence-corrected chi connectivity index (χ1v) is 4.69. The number of nitrogens with two attached hydrogens (primary N) is 1. The van der Waals surface area contributed by atoms with Gasteiger partial charge in [0.2, 0.25) is 0 Å². The molecule has 0 heterocycles. The summed E-state index contributed by atoms with van der Waals surface area (Å²) >= 11 is 0. The molecule has 0 aromatic heterocycles. The van der Waals surface area contributed by atoms with Crippen LogP contribution < -0.4 is 5.73 Å². The highest BCUT2D eigenvalue weighted by molar-refractivity contribution is 4.95. The van der Waals surface area contributed by atoms with Crippen LogP contribution in [0.2, 0.25) is 0 Å². The Morgan fingerprint density at radius 1 is 1.36 bits per heavy atom. The second-order valence-corrected chi connectivity index (χ2v) is 3.64. The zero-order valence-electron chi connectivity index (χ0n) is 7.31. The van der Waals surface area contributed by atoms with Crippen molar-refractivity contribution in [1.29, 1.82) is 0 Å². The first-order chi connectivity index (χ1) is 5.33. The van der Waals surface area contributed by atoms with Crippen LogP contribution in [0.1, 0.15) is 38.5 Å². The predicted octanol–water partition coefficient (Wildman–Crippen LogP) is 2.47. The Labute approximate surface area is 69.7 Å². The Kier molecular flexibility index (Phi) is 3.64. The molecular formula is C10H19N. The summed E-state index contributed by atoms with van der Waals surface area (Å²) in [5.74, 6) is 0.985. The molecule has 1 nitrogen and oxygen atoms in total. The minimum absolute atomic E-state index is 0.673. The molecule has 64 valence electrons. The van der Waals surface area contributed by atoms with Crippen molar-refractivity contribution in [3.05, 3.63) is 12.2 Å². The molecule has 0 unspecified atom stereocenters. The summed E-state index contributed by atoms with van der Waals surface area (Å²) in [6.45, 7) is 4.58. The number of hydrogen-bond donors (Lipinski definition) is 1. The fourth-order valence-corrected chi connectivity index (χ4v) is 1.81. The van der Waals surface area contributed by atoms with Crippen LogP contribution in [0.5, 0.6) is 0 Å². The summed E-state index contributed by atoms with van der Waals surface area (Å²) in [7, 11) is 0. The third kappa shape index (κ3) is 3.06. The Morgan fingerprint density at radius 3 is 2.55 bits per heavy atom. The summed E-state index contributed by atoms with van der Waals surface area (Å²) in [6.07, 6.45) is 8.26. The summed E-state index contributed by atoms with van der Waals surface area (Å²) < 4.78 is 0. The lowest BCUT2D eigenvalue weighted by atomic mass is 9.99. The van der Waals surface area contributed by atoms with E-state index >= 15 is 0 Å². The molecule has 0 spiro atoms. The van der Waals surface area contributed by atoms with Gasteiger partial charge in [0.05, 0.1) is 0 Å². The Balaban J connectivity index is 2.06. The molecule has 2 N–H and O–H groups in total. The Bertz CT molecular complexity index is 123. The Morgan fingerprint density at radius 2 is 2.00 bits per heavy atom. The molecule has 1 heteroatoms. The van der Waals surface area contributed by atoms with Crippen molar-refractivity contribution in [2.24, 2.45) is 11.7 Å². The normalized spacial score (nSPS) is 19.0. The monoisotopic (exact) mass is 153 g/mol. The van der Waals surface area contributed by atoms with Gasteiger partial charge in [0, 0.05) is 6.54 Å². The molecule has 0 radical (unpaired) electrons. The fraction of sp³-hybridized carbons (Fsp3) is 0.800. The maximum absolute atomic E-state index is 5.46. The lowest BCUT2D eigenvalue weighted by molar-refractivity contribution is 0.501. The van der Waals surface area contributed by atoms with Gasteiger partial charge < -0.3 is 5.73 Å². The van der Waals surface area contributed by atoms with Crippen LogP contribution >= 0.6 is 0 Å². The minimum atomic E-state index is 0.673. The van der Waals surface area contributed by atoms with Gasteiger partial charge in [0.15, 0.2) is 0 Å². The highest BCUT2D eigenvalue weighted by Crippen LogP contribution is 2.29. The fourth-order valence-electron chi connectivity index (χ4n) is 1.81. The summed E-state index contributed by atoms with van der Waals surface area (Å²) in [5, 5.41) is 0. The van der Waals surface area contributed by atoms with Gasteiger partial charge in [0.25, 0.3) is 0 Å². The largest absolute Gasteiger partial charge is 0.327 e. The molecule has 11 heavy (non-hydrogen) atoms. The molecule has 0 saturated heterocycles. The molecule has 1 saturated carbocycles. The SMILES string of the molecule is C=C(CN)CCC1CCCC1. The molecule has 1 fully saturated rings. The molecule has 0 aliphatic heterocycles. The predicted molar refractivity (Wildman–Crippen MR) is 49.4 cm³/mol. The van der Waals surface area contributed by atoms with Gasteiger partial charge in [-0.2, -0.15) is 0 Å². The molecule has 1 aliphatic rings. The number of rotatable bonds is 4. The number of hydrogen-bond acceptors (Lipinski definition) is 1. The summed E-state index contributed by atoms with van der Waals surface area (Å²) in [5.41, 5.74) is 6.68. The topological polar surface area (TPSA) is 26.0 Å². The van der Waals surface area contributed by atoms with E-state index in [9.17, 15) is 0 Å². The van der Waals surface area contributed by atoms with Gasteiger partial charge in [0.1, 0.15) is 0 Å². The van der Waals surface area contributed by atoms with E-state index in [0.717, 1.165) is 12.3 Å². The second kappa shape index (κ2) is 4.55. The molecule has 0 atom stereocenters. The quantitative estimate of drug-likeness (QED) is 0.617. The van der Waals surface area contributed by atoms with Crippen molar-refractivity contribution in [3.63, 3.8) is 0 Å². The van der Waals surface area contributed by atoms with Crippen molar-refractivity contribution in [2.45, 2.75) is 38.5 Å². The molecule has 0 aromatic carbocycles. The molecule has 0 amide bonds. The minimum Gasteiger partial charge on any atom is -0.327 e. The first kappa shape index (κ1) is 8.79. The average Bonchev–Trinajstić information content (AvgIpc) is 2.52. The lowest BCUT2D eigenvalue weighted by Gasteiger charge is -2.08. The van der Waals surface area contributed by atoms with Gasteiger partial charge in [-0.25, -0.2) is 0 Å². The van der Waals surface area contributed by atoms with Gasteiger partial charge in [-0.3, -0.25) is 0 Å². The molecular weight excluding hydrogens is 134 g/mol. The van der Waals surface area contributed by atoms with Crippen molar-refractivity contribution in [3.8, 4) is 0 Å². The molecule has 1 aliphatic carbocycles. The van der Waals surface area contributed by atoms with E-state index in [1.807, 2.05) is 0 Å². The first-order valence-electron chi connectivity index (χ1n) is 4.69. The van der Waals surface area contributed by atoms with Gasteiger partial charge in [-0.15, -0.1) is 0 Å². The van der Waals surface area contributed by atoms with Gasteiger partial charge >= 0.3 is 0 Å². The standard InChI is InChI=1S/C10H19N/c1-9(8-11)6-7-10-4-2-3-5-10/h10H,1-8,11H2. The van der Waals surface area contributed by atoms with E-state index in [0.29, 0.717) is 6.54 Å². The van der Waals surface area contributed by atoms with E-state index in [1.165, 1.54) is 37.7 Å². The zero-order valence-corrected chi connectivity index (χ0v) is 7.31. The van der Waals surface area contributed by atoms with Gasteiger partial charge in [-0.05, 0) is 18.8 Å². The van der Waals surface area contributed by atoms with Crippen LogP contribution in [-0.2, 0) is 0 Å². The maximum Gasteiger partial charge on any atom is 0.0134 e. The second-order valence-electron chi connectivity index (χ2n) is 3.64.